The van der Waals surface area contributed by atoms with E-state index in [1.54, 1.807) is 26.4 Å². The van der Waals surface area contributed by atoms with Gasteiger partial charge < -0.3 is 9.80 Å². The first-order valence-corrected chi connectivity index (χ1v) is 6.02. The number of piperidine rings is 1. The summed E-state index contributed by atoms with van der Waals surface area (Å²) in [6.07, 6.45) is 3.15. The molecule has 0 atom stereocenters. The zero-order valence-electron chi connectivity index (χ0n) is 10.7. The molecule has 0 aliphatic carbocycles. The highest BCUT2D eigenvalue weighted by atomic mass is 16.2. The van der Waals surface area contributed by atoms with E-state index >= 15 is 0 Å². The molecule has 18 heavy (non-hydrogen) atoms. The minimum Gasteiger partial charge on any atom is -0.364 e. The van der Waals surface area contributed by atoms with Gasteiger partial charge in [-0.1, -0.05) is 0 Å². The number of nitrogens with zero attached hydrogens (tertiary/aromatic N) is 3. The molecule has 0 aromatic carbocycles. The molecular formula is C13H17N3O2. The Morgan fingerprint density at radius 3 is 2.89 bits per heavy atom. The number of rotatable bonds is 2. The Bertz CT molecular complexity index is 471. The van der Waals surface area contributed by atoms with Crippen molar-refractivity contribution in [3.8, 4) is 0 Å². The Morgan fingerprint density at radius 2 is 2.22 bits per heavy atom. The molecule has 1 fully saturated rings. The van der Waals surface area contributed by atoms with Crippen molar-refractivity contribution in [2.24, 2.45) is 0 Å². The summed E-state index contributed by atoms with van der Waals surface area (Å²) in [4.78, 5) is 30.8. The van der Waals surface area contributed by atoms with Crippen LogP contribution in [0.25, 0.3) is 0 Å². The van der Waals surface area contributed by atoms with Crippen molar-refractivity contribution in [3.05, 3.63) is 24.0 Å². The number of anilines is 1. The highest BCUT2D eigenvalue weighted by molar-refractivity contribution is 5.93. The maximum atomic E-state index is 11.8. The first-order valence-electron chi connectivity index (χ1n) is 6.02. The normalized spacial score (nSPS) is 15.7. The van der Waals surface area contributed by atoms with E-state index < -0.39 is 0 Å². The number of ketones is 1. The van der Waals surface area contributed by atoms with E-state index in [1.807, 2.05) is 11.0 Å². The first kappa shape index (κ1) is 12.5. The van der Waals surface area contributed by atoms with Crippen molar-refractivity contribution in [2.45, 2.75) is 12.8 Å². The Balaban J connectivity index is 2.21. The van der Waals surface area contributed by atoms with E-state index in [1.165, 1.54) is 4.90 Å². The van der Waals surface area contributed by atoms with E-state index in [2.05, 4.69) is 4.98 Å². The lowest BCUT2D eigenvalue weighted by atomic mass is 10.1. The van der Waals surface area contributed by atoms with Gasteiger partial charge in [-0.05, 0) is 18.6 Å². The van der Waals surface area contributed by atoms with Crippen LogP contribution in [0.15, 0.2) is 18.3 Å². The van der Waals surface area contributed by atoms with Gasteiger partial charge in [0.1, 0.15) is 5.69 Å². The van der Waals surface area contributed by atoms with Crippen molar-refractivity contribution in [2.75, 3.05) is 32.1 Å². The molecule has 0 saturated carbocycles. The van der Waals surface area contributed by atoms with E-state index in [0.29, 0.717) is 18.7 Å². The smallest absolute Gasteiger partial charge is 0.272 e. The topological polar surface area (TPSA) is 53.5 Å². The summed E-state index contributed by atoms with van der Waals surface area (Å²) < 4.78 is 0. The molecule has 96 valence electrons. The van der Waals surface area contributed by atoms with Crippen LogP contribution in [0, 0.1) is 0 Å². The van der Waals surface area contributed by atoms with Crippen LogP contribution in [0.1, 0.15) is 23.3 Å². The molecule has 0 N–H and O–H groups in total. The first-order chi connectivity index (χ1) is 8.58. The molecule has 5 nitrogen and oxygen atoms in total. The zero-order valence-corrected chi connectivity index (χ0v) is 10.7. The highest BCUT2D eigenvalue weighted by Crippen LogP contribution is 2.19. The third kappa shape index (κ3) is 2.67. The molecule has 1 aromatic heterocycles. The van der Waals surface area contributed by atoms with Crippen LogP contribution in [0.2, 0.25) is 0 Å². The number of carbonyl (C=O) groups is 2. The average Bonchev–Trinajstić information content (AvgIpc) is 2.38. The summed E-state index contributed by atoms with van der Waals surface area (Å²) in [5.74, 6) is 0.124. The van der Waals surface area contributed by atoms with Crippen LogP contribution >= 0.6 is 0 Å². The maximum Gasteiger partial charge on any atom is 0.272 e. The highest BCUT2D eigenvalue weighted by Gasteiger charge is 2.18. The van der Waals surface area contributed by atoms with E-state index in [-0.39, 0.29) is 11.7 Å². The molecule has 0 radical (unpaired) electrons. The van der Waals surface area contributed by atoms with Gasteiger partial charge in [0.2, 0.25) is 0 Å². The Morgan fingerprint density at radius 1 is 1.44 bits per heavy atom. The third-order valence-corrected chi connectivity index (χ3v) is 2.98. The van der Waals surface area contributed by atoms with Gasteiger partial charge in [0.25, 0.3) is 5.91 Å². The van der Waals surface area contributed by atoms with E-state index in [0.717, 1.165) is 18.7 Å². The van der Waals surface area contributed by atoms with Gasteiger partial charge in [-0.25, -0.2) is 0 Å². The van der Waals surface area contributed by atoms with Crippen LogP contribution in [0.5, 0.6) is 0 Å². The SMILES string of the molecule is CN(C)C(=O)c1cc(N2CCCC(=O)C2)ccn1. The fraction of sp³-hybridized carbons (Fsp3) is 0.462. The van der Waals surface area contributed by atoms with Crippen LogP contribution in [-0.2, 0) is 4.79 Å². The predicted octanol–water partition coefficient (Wildman–Crippen LogP) is 0.953. The number of Topliss-reactive ketones (excluding diaryl/α,β-unsaturated/α-hetero) is 1. The minimum absolute atomic E-state index is 0.125. The van der Waals surface area contributed by atoms with Crippen molar-refractivity contribution < 1.29 is 9.59 Å². The summed E-state index contributed by atoms with van der Waals surface area (Å²) in [6, 6.07) is 3.59. The lowest BCUT2D eigenvalue weighted by Crippen LogP contribution is -2.35. The van der Waals surface area contributed by atoms with Crippen molar-refractivity contribution in [1.29, 1.82) is 0 Å². The monoisotopic (exact) mass is 247 g/mol. The lowest BCUT2D eigenvalue weighted by molar-refractivity contribution is -0.118. The molecule has 1 aliphatic rings. The minimum atomic E-state index is -0.125. The van der Waals surface area contributed by atoms with Gasteiger partial charge in [-0.3, -0.25) is 14.6 Å². The van der Waals surface area contributed by atoms with Crippen molar-refractivity contribution in [3.63, 3.8) is 0 Å². The Hall–Kier alpha value is -1.91. The molecular weight excluding hydrogens is 230 g/mol. The molecule has 5 heteroatoms. The number of pyridine rings is 1. The van der Waals surface area contributed by atoms with Crippen LogP contribution in [-0.4, -0.2) is 48.8 Å². The summed E-state index contributed by atoms with van der Waals surface area (Å²) in [6.45, 7) is 1.28. The number of aromatic nitrogens is 1. The van der Waals surface area contributed by atoms with Crippen molar-refractivity contribution >= 4 is 17.4 Å². The third-order valence-electron chi connectivity index (χ3n) is 2.98. The van der Waals surface area contributed by atoms with Gasteiger partial charge in [0.05, 0.1) is 6.54 Å². The predicted molar refractivity (Wildman–Crippen MR) is 68.7 cm³/mol. The summed E-state index contributed by atoms with van der Waals surface area (Å²) in [5, 5.41) is 0. The second kappa shape index (κ2) is 5.16. The fourth-order valence-electron chi connectivity index (χ4n) is 2.02. The van der Waals surface area contributed by atoms with Gasteiger partial charge in [0, 0.05) is 38.9 Å². The lowest BCUT2D eigenvalue weighted by Gasteiger charge is -2.28. The van der Waals surface area contributed by atoms with Gasteiger partial charge in [-0.2, -0.15) is 0 Å². The fourth-order valence-corrected chi connectivity index (χ4v) is 2.02. The Labute approximate surface area is 106 Å². The number of carbonyl (C=O) groups excluding carboxylic acids is 2. The molecule has 0 spiro atoms. The van der Waals surface area contributed by atoms with Gasteiger partial charge >= 0.3 is 0 Å². The number of hydrogen-bond acceptors (Lipinski definition) is 4. The quantitative estimate of drug-likeness (QED) is 0.781. The largest absolute Gasteiger partial charge is 0.364 e. The molecule has 2 rings (SSSR count). The van der Waals surface area contributed by atoms with E-state index in [4.69, 9.17) is 0 Å². The number of amides is 1. The molecule has 2 heterocycles. The van der Waals surface area contributed by atoms with E-state index in [9.17, 15) is 9.59 Å². The standard InChI is InChI=1S/C13H17N3O2/c1-15(2)13(18)12-8-10(5-6-14-12)16-7-3-4-11(17)9-16/h5-6,8H,3-4,7,9H2,1-2H3. The second-order valence-corrected chi connectivity index (χ2v) is 4.66. The molecule has 1 aliphatic heterocycles. The summed E-state index contributed by atoms with van der Waals surface area (Å²) >= 11 is 0. The Kier molecular flexibility index (Phi) is 3.60. The average molecular weight is 247 g/mol. The van der Waals surface area contributed by atoms with Crippen LogP contribution in [0.4, 0.5) is 5.69 Å². The van der Waals surface area contributed by atoms with Crippen LogP contribution in [0.3, 0.4) is 0 Å². The maximum absolute atomic E-state index is 11.8. The van der Waals surface area contributed by atoms with Gasteiger partial charge in [-0.15, -0.1) is 0 Å². The summed E-state index contributed by atoms with van der Waals surface area (Å²) in [5.41, 5.74) is 1.30. The molecule has 1 aromatic rings. The molecule has 0 bridgehead atoms. The summed E-state index contributed by atoms with van der Waals surface area (Å²) in [7, 11) is 3.39. The second-order valence-electron chi connectivity index (χ2n) is 4.66. The van der Waals surface area contributed by atoms with Gasteiger partial charge in [0.15, 0.2) is 5.78 Å². The molecule has 1 saturated heterocycles. The van der Waals surface area contributed by atoms with Crippen LogP contribution < -0.4 is 4.90 Å². The van der Waals surface area contributed by atoms with Crippen molar-refractivity contribution in [1.82, 2.24) is 9.88 Å². The number of hydrogen-bond donors (Lipinski definition) is 0. The molecule has 0 unspecified atom stereocenters. The molecule has 1 amide bonds. The zero-order chi connectivity index (χ0) is 13.1.